The molecule has 6 rings (SSSR count). The first-order valence-electron chi connectivity index (χ1n) is 14.0. The number of alkyl halides is 3. The van der Waals surface area contributed by atoms with Gasteiger partial charge in [0.05, 0.1) is 18.5 Å². The summed E-state index contributed by atoms with van der Waals surface area (Å²) in [6, 6.07) is 18.4. The lowest BCUT2D eigenvalue weighted by molar-refractivity contribution is -0.274. The van der Waals surface area contributed by atoms with Gasteiger partial charge in [0.25, 0.3) is 0 Å². The van der Waals surface area contributed by atoms with Crippen molar-refractivity contribution in [3.8, 4) is 16.3 Å². The highest BCUT2D eigenvalue weighted by molar-refractivity contribution is 7.15. The van der Waals surface area contributed by atoms with Gasteiger partial charge in [-0.2, -0.15) is 0 Å². The van der Waals surface area contributed by atoms with Gasteiger partial charge in [-0.1, -0.05) is 53.8 Å². The molecular weight excluding hydrogens is 642 g/mol. The first kappa shape index (κ1) is 31.0. The quantitative estimate of drug-likeness (QED) is 0.192. The molecule has 0 radical (unpaired) electrons. The molecule has 46 heavy (non-hydrogen) atoms. The summed E-state index contributed by atoms with van der Waals surface area (Å²) in [6.07, 6.45) is -4.05. The van der Waals surface area contributed by atoms with Crippen molar-refractivity contribution in [1.29, 1.82) is 0 Å². The summed E-state index contributed by atoms with van der Waals surface area (Å²) < 4.78 is 41.3. The number of carbonyl (C=O) groups is 2. The fraction of sp³-hybridized carbons (Fsp3) is 0.233. The van der Waals surface area contributed by atoms with Crippen LogP contribution in [0.25, 0.3) is 10.6 Å². The maximum atomic E-state index is 12.6. The van der Waals surface area contributed by atoms with Crippen LogP contribution in [0.15, 0.2) is 72.1 Å². The van der Waals surface area contributed by atoms with Crippen molar-refractivity contribution < 1.29 is 27.5 Å². The van der Waals surface area contributed by atoms with E-state index >= 15 is 0 Å². The van der Waals surface area contributed by atoms with Gasteiger partial charge in [-0.15, -0.1) is 44.9 Å². The Morgan fingerprint density at radius 1 is 0.935 bits per heavy atom. The number of thiazole rings is 1. The van der Waals surface area contributed by atoms with Crippen molar-refractivity contribution in [2.45, 2.75) is 31.5 Å². The number of rotatable bonds is 10. The molecule has 2 aromatic carbocycles. The first-order valence-corrected chi connectivity index (χ1v) is 15.7. The zero-order valence-corrected chi connectivity index (χ0v) is 25.5. The van der Waals surface area contributed by atoms with E-state index in [1.54, 1.807) is 12.1 Å². The van der Waals surface area contributed by atoms with Crippen molar-refractivity contribution in [2.24, 2.45) is 0 Å². The summed E-state index contributed by atoms with van der Waals surface area (Å²) in [6.45, 7) is 1.33. The van der Waals surface area contributed by atoms with E-state index < -0.39 is 18.0 Å². The van der Waals surface area contributed by atoms with Gasteiger partial charge in [0.1, 0.15) is 15.8 Å². The van der Waals surface area contributed by atoms with Crippen LogP contribution < -0.4 is 20.3 Å². The molecule has 3 aromatic heterocycles. The zero-order valence-electron chi connectivity index (χ0n) is 23.9. The van der Waals surface area contributed by atoms with Crippen molar-refractivity contribution in [1.82, 2.24) is 25.4 Å². The summed E-state index contributed by atoms with van der Waals surface area (Å²) in [5.74, 6) is -0.153. The van der Waals surface area contributed by atoms with Crippen LogP contribution in [0.3, 0.4) is 0 Å². The second kappa shape index (κ2) is 13.6. The number of anilines is 3. The summed E-state index contributed by atoms with van der Waals surface area (Å²) in [5, 5.41) is 26.2. The third-order valence-corrected chi connectivity index (χ3v) is 8.82. The number of benzene rings is 2. The molecule has 0 bridgehead atoms. The number of hydrogen-bond acceptors (Lipinski definition) is 11. The van der Waals surface area contributed by atoms with Crippen molar-refractivity contribution in [2.75, 3.05) is 28.6 Å². The van der Waals surface area contributed by atoms with Crippen LogP contribution in [0, 0.1) is 0 Å². The zero-order chi connectivity index (χ0) is 32.1. The smallest absolute Gasteiger partial charge is 0.406 e. The molecule has 0 saturated carbocycles. The Balaban J connectivity index is 0.977. The summed E-state index contributed by atoms with van der Waals surface area (Å²) in [7, 11) is 0. The highest BCUT2D eigenvalue weighted by atomic mass is 32.1. The molecule has 1 aliphatic heterocycles. The Morgan fingerprint density at radius 2 is 1.76 bits per heavy atom. The summed E-state index contributed by atoms with van der Waals surface area (Å²) in [4.78, 5) is 31.7. The Kier molecular flexibility index (Phi) is 9.16. The van der Waals surface area contributed by atoms with Gasteiger partial charge in [0.15, 0.2) is 11.6 Å². The van der Waals surface area contributed by atoms with E-state index in [-0.39, 0.29) is 30.5 Å². The molecule has 1 atom stereocenters. The monoisotopic (exact) mass is 666 g/mol. The second-order valence-corrected chi connectivity index (χ2v) is 12.2. The Bertz CT molecular complexity index is 1820. The molecule has 236 valence electrons. The number of halogens is 3. The van der Waals surface area contributed by atoms with E-state index in [0.717, 1.165) is 34.1 Å². The third-order valence-electron chi connectivity index (χ3n) is 6.88. The minimum absolute atomic E-state index is 0.0911. The molecule has 2 amide bonds. The number of ether oxygens (including phenoxy) is 1. The van der Waals surface area contributed by atoms with Gasteiger partial charge in [-0.05, 0) is 36.2 Å². The van der Waals surface area contributed by atoms with Gasteiger partial charge < -0.3 is 20.3 Å². The van der Waals surface area contributed by atoms with E-state index in [1.807, 2.05) is 40.6 Å². The third kappa shape index (κ3) is 8.19. The average Bonchev–Trinajstić information content (AvgIpc) is 3.79. The van der Waals surface area contributed by atoms with Crippen LogP contribution in [0.1, 0.15) is 28.6 Å². The van der Waals surface area contributed by atoms with Gasteiger partial charge in [0.2, 0.25) is 16.9 Å². The van der Waals surface area contributed by atoms with E-state index in [9.17, 15) is 22.8 Å². The maximum Gasteiger partial charge on any atom is 0.573 e. The molecule has 0 spiro atoms. The summed E-state index contributed by atoms with van der Waals surface area (Å²) in [5.41, 5.74) is 2.05. The minimum Gasteiger partial charge on any atom is -0.406 e. The molecule has 2 N–H and O–H groups in total. The molecule has 5 aromatic rings. The number of nitrogens with zero attached hydrogens (tertiary/aromatic N) is 6. The van der Waals surface area contributed by atoms with Gasteiger partial charge in [-0.3, -0.25) is 9.59 Å². The van der Waals surface area contributed by atoms with Gasteiger partial charge >= 0.3 is 6.36 Å². The lowest BCUT2D eigenvalue weighted by atomic mass is 10.1. The number of carbonyl (C=O) groups excluding carboxylic acids is 2. The molecule has 1 aliphatic rings. The highest BCUT2D eigenvalue weighted by Crippen LogP contribution is 2.33. The molecule has 1 unspecified atom stereocenters. The molecule has 4 heterocycles. The highest BCUT2D eigenvalue weighted by Gasteiger charge is 2.31. The van der Waals surface area contributed by atoms with Crippen molar-refractivity contribution >= 4 is 51.3 Å². The van der Waals surface area contributed by atoms with E-state index in [4.69, 9.17) is 0 Å². The maximum absolute atomic E-state index is 12.6. The normalized spacial score (nSPS) is 14.7. The number of hydrogen-bond donors (Lipinski definition) is 2. The SMILES string of the molecule is O=C(Cc1cccc(OC(F)(F)F)c1)Nc1ccc(N2CCC(c3nnc(NC(=O)Cc4csc(-c5ccccc5)n4)s3)C2)nn1. The van der Waals surface area contributed by atoms with Crippen LogP contribution in [-0.2, 0) is 22.4 Å². The summed E-state index contributed by atoms with van der Waals surface area (Å²) >= 11 is 2.83. The standard InChI is InChI=1S/C30H25F3N8O3S2/c31-30(32,33)44-22-8-4-5-18(13-22)14-25(42)35-23-9-10-24(38-37-23)41-12-11-20(16-41)28-39-40-29(46-28)36-26(43)15-21-17-45-27(34-21)19-6-2-1-3-7-19/h1-10,13,17,20H,11-12,14-16H2,(H,35,37,42)(H,36,40,43). The molecule has 11 nitrogen and oxygen atoms in total. The molecule has 0 aliphatic carbocycles. The lowest BCUT2D eigenvalue weighted by Gasteiger charge is -2.16. The average molecular weight is 667 g/mol. The number of amides is 2. The lowest BCUT2D eigenvalue weighted by Crippen LogP contribution is -2.21. The van der Waals surface area contributed by atoms with Crippen molar-refractivity contribution in [3.05, 3.63) is 88.4 Å². The van der Waals surface area contributed by atoms with E-state index in [1.165, 1.54) is 34.8 Å². The fourth-order valence-corrected chi connectivity index (χ4v) is 6.55. The molecule has 1 fully saturated rings. The second-order valence-electron chi connectivity index (χ2n) is 10.3. The first-order chi connectivity index (χ1) is 22.2. The fourth-order valence-electron chi connectivity index (χ4n) is 4.83. The van der Waals surface area contributed by atoms with Crippen molar-refractivity contribution in [3.63, 3.8) is 0 Å². The predicted molar refractivity (Wildman–Crippen MR) is 167 cm³/mol. The van der Waals surface area contributed by atoms with Gasteiger partial charge in [0, 0.05) is 30.0 Å². The van der Waals surface area contributed by atoms with Gasteiger partial charge in [-0.25, -0.2) is 4.98 Å². The van der Waals surface area contributed by atoms with Crippen LogP contribution in [0.2, 0.25) is 0 Å². The Hall–Kier alpha value is -4.96. The Morgan fingerprint density at radius 3 is 2.54 bits per heavy atom. The van der Waals surface area contributed by atoms with Crippen LogP contribution in [0.5, 0.6) is 5.75 Å². The minimum atomic E-state index is -4.82. The van der Waals surface area contributed by atoms with Crippen LogP contribution >= 0.6 is 22.7 Å². The van der Waals surface area contributed by atoms with Crippen LogP contribution in [-0.4, -0.2) is 56.6 Å². The number of aromatic nitrogens is 5. The Labute approximate surface area is 268 Å². The molecule has 16 heteroatoms. The molecular formula is C30H25F3N8O3S2. The predicted octanol–water partition coefficient (Wildman–Crippen LogP) is 5.71. The number of nitrogens with one attached hydrogen (secondary N) is 2. The molecule has 1 saturated heterocycles. The van der Waals surface area contributed by atoms with E-state index in [0.29, 0.717) is 35.3 Å². The largest absolute Gasteiger partial charge is 0.573 e. The van der Waals surface area contributed by atoms with Crippen LogP contribution in [0.4, 0.5) is 29.9 Å². The van der Waals surface area contributed by atoms with E-state index in [2.05, 4.69) is 40.7 Å². The topological polar surface area (TPSA) is 135 Å².